The minimum Gasteiger partial charge on any atom is -0.504 e. The van der Waals surface area contributed by atoms with Crippen LogP contribution < -0.4 is 20.7 Å². The van der Waals surface area contributed by atoms with Crippen molar-refractivity contribution in [3.05, 3.63) is 106 Å². The molecule has 0 unspecified atom stereocenters. The van der Waals surface area contributed by atoms with Crippen molar-refractivity contribution >= 4 is 35.0 Å². The van der Waals surface area contributed by atoms with Gasteiger partial charge in [0.2, 0.25) is 5.91 Å². The number of nitrogens with zero attached hydrogens (tertiary/aromatic N) is 1. The summed E-state index contributed by atoms with van der Waals surface area (Å²) in [7, 11) is 1.43. The van der Waals surface area contributed by atoms with Gasteiger partial charge >= 0.3 is 0 Å². The Kier molecular flexibility index (Phi) is 8.36. The molecule has 0 fully saturated rings. The van der Waals surface area contributed by atoms with Gasteiger partial charge in [0, 0.05) is 22.6 Å². The molecule has 3 aromatic rings. The zero-order chi connectivity index (χ0) is 27.1. The van der Waals surface area contributed by atoms with E-state index in [4.69, 9.17) is 4.74 Å². The van der Waals surface area contributed by atoms with E-state index in [2.05, 4.69) is 22.0 Å². The predicted molar refractivity (Wildman–Crippen MR) is 148 cm³/mol. The molecule has 4 rings (SSSR count). The first-order chi connectivity index (χ1) is 18.4. The third-order valence-electron chi connectivity index (χ3n) is 5.87. The lowest BCUT2D eigenvalue weighted by molar-refractivity contribution is -0.114. The Balaban J connectivity index is 1.68. The fourth-order valence-electron chi connectivity index (χ4n) is 4.11. The summed E-state index contributed by atoms with van der Waals surface area (Å²) in [6.45, 7) is 1.75. The van der Waals surface area contributed by atoms with Crippen LogP contribution in [0.1, 0.15) is 18.4 Å². The average molecular weight is 527 g/mol. The molecule has 0 bridgehead atoms. The van der Waals surface area contributed by atoms with Crippen molar-refractivity contribution in [2.24, 2.45) is 0 Å². The fourth-order valence-corrected chi connectivity index (χ4v) is 5.00. The highest BCUT2D eigenvalue weighted by Gasteiger charge is 2.35. The van der Waals surface area contributed by atoms with E-state index in [0.29, 0.717) is 33.2 Å². The number of para-hydroxylation sites is 2. The van der Waals surface area contributed by atoms with Crippen molar-refractivity contribution in [1.29, 1.82) is 5.26 Å². The van der Waals surface area contributed by atoms with Gasteiger partial charge in [-0.15, -0.1) is 0 Å². The Labute approximate surface area is 225 Å². The first kappa shape index (κ1) is 26.4. The second kappa shape index (κ2) is 12.0. The van der Waals surface area contributed by atoms with Crippen molar-refractivity contribution in [3.63, 3.8) is 0 Å². The maximum Gasteiger partial charge on any atom is 0.254 e. The number of anilines is 2. The maximum atomic E-state index is 13.5. The summed E-state index contributed by atoms with van der Waals surface area (Å²) in [4.78, 5) is 26.1. The van der Waals surface area contributed by atoms with Crippen LogP contribution in [0.5, 0.6) is 11.5 Å². The number of methoxy groups -OCH3 is 1. The van der Waals surface area contributed by atoms with Crippen LogP contribution in [0.2, 0.25) is 0 Å². The highest BCUT2D eigenvalue weighted by atomic mass is 32.2. The van der Waals surface area contributed by atoms with Crippen LogP contribution in [-0.2, 0) is 9.59 Å². The van der Waals surface area contributed by atoms with E-state index in [9.17, 15) is 20.0 Å². The Morgan fingerprint density at radius 2 is 1.66 bits per heavy atom. The zero-order valence-corrected chi connectivity index (χ0v) is 21.6. The quantitative estimate of drug-likeness (QED) is 0.322. The summed E-state index contributed by atoms with van der Waals surface area (Å²) < 4.78 is 5.29. The number of phenolic OH excluding ortho intramolecular Hbond substituents is 1. The van der Waals surface area contributed by atoms with Gasteiger partial charge in [0.25, 0.3) is 5.91 Å². The average Bonchev–Trinajstić information content (AvgIpc) is 2.92. The first-order valence-corrected chi connectivity index (χ1v) is 12.7. The topological polar surface area (TPSA) is 123 Å². The van der Waals surface area contributed by atoms with Gasteiger partial charge in [-0.2, -0.15) is 5.26 Å². The van der Waals surface area contributed by atoms with Crippen molar-refractivity contribution in [2.75, 3.05) is 23.5 Å². The number of aromatic hydroxyl groups is 1. The summed E-state index contributed by atoms with van der Waals surface area (Å²) in [6, 6.07) is 25.1. The number of benzene rings is 3. The number of rotatable bonds is 8. The molecule has 0 aromatic heterocycles. The number of amides is 2. The normalized spacial score (nSPS) is 14.8. The Hall–Kier alpha value is -4.68. The molecule has 2 amide bonds. The number of allylic oxidation sites excluding steroid dienone is 2. The molecular weight excluding hydrogens is 500 g/mol. The molecule has 0 aliphatic carbocycles. The lowest BCUT2D eigenvalue weighted by Gasteiger charge is -2.30. The van der Waals surface area contributed by atoms with Crippen LogP contribution in [0.25, 0.3) is 0 Å². The molecule has 0 saturated carbocycles. The van der Waals surface area contributed by atoms with Gasteiger partial charge in [-0.3, -0.25) is 9.59 Å². The summed E-state index contributed by atoms with van der Waals surface area (Å²) in [5.74, 6) is -1.17. The molecule has 1 heterocycles. The summed E-state index contributed by atoms with van der Waals surface area (Å²) in [5, 5.41) is 29.8. The first-order valence-electron chi connectivity index (χ1n) is 11.7. The van der Waals surface area contributed by atoms with Crippen molar-refractivity contribution in [1.82, 2.24) is 5.32 Å². The Morgan fingerprint density at radius 3 is 2.26 bits per heavy atom. The van der Waals surface area contributed by atoms with Gasteiger partial charge in [-0.05, 0) is 48.9 Å². The maximum absolute atomic E-state index is 13.5. The summed E-state index contributed by atoms with van der Waals surface area (Å²) >= 11 is 1.18. The van der Waals surface area contributed by atoms with Gasteiger partial charge in [-0.25, -0.2) is 0 Å². The van der Waals surface area contributed by atoms with Crippen LogP contribution in [0.4, 0.5) is 11.4 Å². The largest absolute Gasteiger partial charge is 0.504 e. The summed E-state index contributed by atoms with van der Waals surface area (Å²) in [5.41, 5.74) is 3.03. The van der Waals surface area contributed by atoms with E-state index >= 15 is 0 Å². The number of nitriles is 1. The molecule has 1 aliphatic rings. The van der Waals surface area contributed by atoms with Crippen LogP contribution in [0, 0.1) is 11.3 Å². The number of ether oxygens (including phenoxy) is 1. The molecule has 192 valence electrons. The second-order valence-corrected chi connectivity index (χ2v) is 9.39. The van der Waals surface area contributed by atoms with Crippen molar-refractivity contribution in [2.45, 2.75) is 12.8 Å². The lowest BCUT2D eigenvalue weighted by atomic mass is 9.82. The van der Waals surface area contributed by atoms with Gasteiger partial charge in [0.1, 0.15) is 0 Å². The number of dihydropyridines is 1. The number of hydrogen-bond acceptors (Lipinski definition) is 7. The number of phenols is 1. The number of hydrogen-bond donors (Lipinski definition) is 4. The van der Waals surface area contributed by atoms with Crippen molar-refractivity contribution < 1.29 is 19.4 Å². The summed E-state index contributed by atoms with van der Waals surface area (Å²) in [6.07, 6.45) is 0. The highest BCUT2D eigenvalue weighted by molar-refractivity contribution is 8.03. The van der Waals surface area contributed by atoms with Crippen LogP contribution in [0.15, 0.2) is 101 Å². The third-order valence-corrected chi connectivity index (χ3v) is 6.88. The number of carbonyl (C=O) groups is 2. The van der Waals surface area contributed by atoms with Crippen LogP contribution in [-0.4, -0.2) is 29.8 Å². The van der Waals surface area contributed by atoms with E-state index in [1.54, 1.807) is 43.3 Å². The number of thioether (sulfide) groups is 1. The SMILES string of the molecule is COc1cc([C@H]2C(C#N)=C(SCC(=O)Nc3ccccc3)NC(C)=C2C(=O)Nc2ccccc2)ccc1O. The molecule has 38 heavy (non-hydrogen) atoms. The Morgan fingerprint density at radius 1 is 1.03 bits per heavy atom. The molecule has 8 nitrogen and oxygen atoms in total. The van der Waals surface area contributed by atoms with E-state index < -0.39 is 5.92 Å². The van der Waals surface area contributed by atoms with Crippen LogP contribution in [0.3, 0.4) is 0 Å². The Bertz CT molecular complexity index is 1450. The van der Waals surface area contributed by atoms with Gasteiger partial charge < -0.3 is 25.8 Å². The third kappa shape index (κ3) is 5.99. The standard InChI is InChI=1S/C29H26N4O4S/c1-18-26(28(36)33-21-11-7-4-8-12-21)27(19-13-14-23(34)24(15-19)37-2)22(16-30)29(31-18)38-17-25(35)32-20-9-5-3-6-10-20/h3-15,27,31,34H,17H2,1-2H3,(H,32,35)(H,33,36)/t27-/m0/s1. The van der Waals surface area contributed by atoms with Crippen LogP contribution >= 0.6 is 11.8 Å². The predicted octanol–water partition coefficient (Wildman–Crippen LogP) is 5.11. The number of carbonyl (C=O) groups excluding carboxylic acids is 2. The minimum absolute atomic E-state index is 0.0485. The molecule has 4 N–H and O–H groups in total. The van der Waals surface area contributed by atoms with Gasteiger partial charge in [-0.1, -0.05) is 54.2 Å². The molecule has 0 spiro atoms. The molecule has 0 saturated heterocycles. The molecule has 0 radical (unpaired) electrons. The van der Waals surface area contributed by atoms with Gasteiger partial charge in [0.15, 0.2) is 11.5 Å². The molecule has 1 aliphatic heterocycles. The zero-order valence-electron chi connectivity index (χ0n) is 20.8. The fraction of sp³-hybridized carbons (Fsp3) is 0.138. The van der Waals surface area contributed by atoms with Gasteiger partial charge in [0.05, 0.1) is 35.5 Å². The second-order valence-electron chi connectivity index (χ2n) is 8.41. The van der Waals surface area contributed by atoms with E-state index in [-0.39, 0.29) is 34.6 Å². The molecule has 9 heteroatoms. The lowest BCUT2D eigenvalue weighted by Crippen LogP contribution is -2.31. The monoisotopic (exact) mass is 526 g/mol. The smallest absolute Gasteiger partial charge is 0.254 e. The number of nitrogens with one attached hydrogen (secondary N) is 3. The molecular formula is C29H26N4O4S. The molecule has 1 atom stereocenters. The highest BCUT2D eigenvalue weighted by Crippen LogP contribution is 2.43. The van der Waals surface area contributed by atoms with E-state index in [0.717, 1.165) is 0 Å². The minimum atomic E-state index is -0.765. The van der Waals surface area contributed by atoms with E-state index in [1.165, 1.54) is 24.9 Å². The van der Waals surface area contributed by atoms with Crippen molar-refractivity contribution in [3.8, 4) is 17.6 Å². The molecule has 3 aromatic carbocycles. The van der Waals surface area contributed by atoms with E-state index in [1.807, 2.05) is 36.4 Å².